The molecule has 0 spiro atoms. The first-order valence-electron chi connectivity index (χ1n) is 7.34. The molecule has 4 heterocycles. The van der Waals surface area contributed by atoms with E-state index in [1.165, 1.54) is 0 Å². The first kappa shape index (κ1) is 14.5. The van der Waals surface area contributed by atoms with Crippen LogP contribution in [0.1, 0.15) is 16.3 Å². The number of anilines is 1. The smallest absolute Gasteiger partial charge is 0.275 e. The molecule has 0 radical (unpaired) electrons. The van der Waals surface area contributed by atoms with Crippen LogP contribution in [0.4, 0.5) is 5.82 Å². The van der Waals surface area contributed by atoms with Crippen LogP contribution in [0.2, 0.25) is 0 Å². The van der Waals surface area contributed by atoms with Crippen LogP contribution in [0.25, 0.3) is 16.2 Å². The van der Waals surface area contributed by atoms with Gasteiger partial charge in [-0.1, -0.05) is 12.1 Å². The summed E-state index contributed by atoms with van der Waals surface area (Å²) in [7, 11) is 0. The third kappa shape index (κ3) is 2.55. The Labute approximate surface area is 141 Å². The second kappa shape index (κ2) is 5.86. The molecule has 24 heavy (non-hydrogen) atoms. The Hall–Kier alpha value is -3.06. The van der Waals surface area contributed by atoms with E-state index in [-0.39, 0.29) is 5.91 Å². The van der Waals surface area contributed by atoms with Crippen LogP contribution < -0.4 is 5.32 Å². The van der Waals surface area contributed by atoms with Crippen molar-refractivity contribution >= 4 is 28.7 Å². The van der Waals surface area contributed by atoms with Crippen molar-refractivity contribution < 1.29 is 4.79 Å². The molecule has 7 heteroatoms. The average Bonchev–Trinajstić information content (AvgIpc) is 3.23. The zero-order valence-corrected chi connectivity index (χ0v) is 13.6. The highest BCUT2D eigenvalue weighted by molar-refractivity contribution is 7.13. The lowest BCUT2D eigenvalue weighted by atomic mass is 10.3. The standard InChI is InChI=1S/C17H13N5OS/c1-11-18-8-7-12(19-11)17(23)21-16-15(13-5-4-10-24-13)20-14-6-2-3-9-22(14)16/h2-10H,1H3,(H,21,23). The van der Waals surface area contributed by atoms with Gasteiger partial charge in [-0.05, 0) is 36.6 Å². The minimum absolute atomic E-state index is 0.288. The summed E-state index contributed by atoms with van der Waals surface area (Å²) in [5, 5.41) is 4.93. The molecule has 0 aromatic carbocycles. The average molecular weight is 335 g/mol. The van der Waals surface area contributed by atoms with Gasteiger partial charge in [0, 0.05) is 12.4 Å². The highest BCUT2D eigenvalue weighted by Crippen LogP contribution is 2.32. The molecule has 118 valence electrons. The van der Waals surface area contributed by atoms with Crippen LogP contribution in [0.3, 0.4) is 0 Å². The SMILES string of the molecule is Cc1nccc(C(=O)Nc2c(-c3cccs3)nc3ccccn23)n1. The molecule has 0 aliphatic heterocycles. The molecule has 1 N–H and O–H groups in total. The van der Waals surface area contributed by atoms with Gasteiger partial charge in [-0.2, -0.15) is 0 Å². The molecule has 0 unspecified atom stereocenters. The van der Waals surface area contributed by atoms with E-state index in [0.29, 0.717) is 17.3 Å². The van der Waals surface area contributed by atoms with Crippen LogP contribution in [0, 0.1) is 6.92 Å². The van der Waals surface area contributed by atoms with Crippen molar-refractivity contribution in [3.63, 3.8) is 0 Å². The number of rotatable bonds is 3. The van der Waals surface area contributed by atoms with Crippen molar-refractivity contribution in [3.05, 3.63) is 65.7 Å². The molecule has 1 amide bonds. The van der Waals surface area contributed by atoms with Gasteiger partial charge in [-0.15, -0.1) is 11.3 Å². The van der Waals surface area contributed by atoms with Gasteiger partial charge in [0.05, 0.1) is 4.88 Å². The maximum atomic E-state index is 12.6. The summed E-state index contributed by atoms with van der Waals surface area (Å²) in [6.45, 7) is 1.75. The molecule has 0 saturated carbocycles. The van der Waals surface area contributed by atoms with E-state index in [2.05, 4.69) is 20.3 Å². The Morgan fingerprint density at radius 2 is 2.08 bits per heavy atom. The zero-order valence-electron chi connectivity index (χ0n) is 12.8. The fourth-order valence-electron chi connectivity index (χ4n) is 2.45. The third-order valence-corrected chi connectivity index (χ3v) is 4.40. The molecular weight excluding hydrogens is 322 g/mol. The van der Waals surface area contributed by atoms with Crippen molar-refractivity contribution in [2.75, 3.05) is 5.32 Å². The van der Waals surface area contributed by atoms with Gasteiger partial charge < -0.3 is 5.32 Å². The second-order valence-electron chi connectivity index (χ2n) is 5.16. The van der Waals surface area contributed by atoms with Crippen molar-refractivity contribution in [2.45, 2.75) is 6.92 Å². The fourth-order valence-corrected chi connectivity index (χ4v) is 3.17. The summed E-state index contributed by atoms with van der Waals surface area (Å²) in [4.78, 5) is 26.4. The van der Waals surface area contributed by atoms with Gasteiger partial charge in [-0.25, -0.2) is 15.0 Å². The summed E-state index contributed by atoms with van der Waals surface area (Å²) in [5.41, 5.74) is 1.84. The number of fused-ring (bicyclic) bond motifs is 1. The van der Waals surface area contributed by atoms with Gasteiger partial charge in [-0.3, -0.25) is 9.20 Å². The van der Waals surface area contributed by atoms with E-state index in [1.807, 2.05) is 46.3 Å². The van der Waals surface area contributed by atoms with E-state index < -0.39 is 0 Å². The maximum absolute atomic E-state index is 12.6. The number of pyridine rings is 1. The summed E-state index contributed by atoms with van der Waals surface area (Å²) >= 11 is 1.58. The highest BCUT2D eigenvalue weighted by atomic mass is 32.1. The van der Waals surface area contributed by atoms with Gasteiger partial charge in [0.15, 0.2) is 0 Å². The second-order valence-corrected chi connectivity index (χ2v) is 6.11. The number of nitrogens with zero attached hydrogens (tertiary/aromatic N) is 4. The first-order valence-corrected chi connectivity index (χ1v) is 8.22. The Kier molecular flexibility index (Phi) is 3.55. The molecule has 0 aliphatic rings. The molecule has 4 aromatic heterocycles. The van der Waals surface area contributed by atoms with E-state index in [4.69, 9.17) is 0 Å². The summed E-state index contributed by atoms with van der Waals surface area (Å²) in [5.74, 6) is 0.901. The number of hydrogen-bond donors (Lipinski definition) is 1. The predicted octanol–water partition coefficient (Wildman–Crippen LogP) is 3.41. The van der Waals surface area contributed by atoms with Crippen LogP contribution in [0.5, 0.6) is 0 Å². The summed E-state index contributed by atoms with van der Waals surface area (Å²) in [6.07, 6.45) is 3.45. The number of aromatic nitrogens is 4. The third-order valence-electron chi connectivity index (χ3n) is 3.53. The molecule has 0 saturated heterocycles. The lowest BCUT2D eigenvalue weighted by Crippen LogP contribution is -2.16. The van der Waals surface area contributed by atoms with Gasteiger partial charge in [0.2, 0.25) is 0 Å². The highest BCUT2D eigenvalue weighted by Gasteiger charge is 2.18. The maximum Gasteiger partial charge on any atom is 0.275 e. The molecule has 0 atom stereocenters. The quantitative estimate of drug-likeness (QED) is 0.623. The van der Waals surface area contributed by atoms with Crippen molar-refractivity contribution in [1.82, 2.24) is 19.4 Å². The van der Waals surface area contributed by atoms with Crippen LogP contribution in [-0.4, -0.2) is 25.3 Å². The Morgan fingerprint density at radius 3 is 2.88 bits per heavy atom. The van der Waals surface area contributed by atoms with Crippen LogP contribution in [0.15, 0.2) is 54.2 Å². The van der Waals surface area contributed by atoms with Crippen LogP contribution >= 0.6 is 11.3 Å². The Morgan fingerprint density at radius 1 is 1.17 bits per heavy atom. The van der Waals surface area contributed by atoms with Crippen LogP contribution in [-0.2, 0) is 0 Å². The molecule has 4 aromatic rings. The number of carbonyl (C=O) groups excluding carboxylic acids is 1. The number of nitrogens with one attached hydrogen (secondary N) is 1. The van der Waals surface area contributed by atoms with E-state index in [9.17, 15) is 4.79 Å². The lowest BCUT2D eigenvalue weighted by Gasteiger charge is -2.07. The molecule has 6 nitrogen and oxygen atoms in total. The zero-order chi connectivity index (χ0) is 16.5. The van der Waals surface area contributed by atoms with E-state index in [0.717, 1.165) is 16.2 Å². The van der Waals surface area contributed by atoms with Gasteiger partial charge in [0.1, 0.15) is 28.7 Å². The monoisotopic (exact) mass is 335 g/mol. The summed E-state index contributed by atoms with van der Waals surface area (Å²) in [6, 6.07) is 11.3. The largest absolute Gasteiger partial charge is 0.304 e. The minimum Gasteiger partial charge on any atom is -0.304 e. The topological polar surface area (TPSA) is 72.2 Å². The Bertz CT molecular complexity index is 1020. The predicted molar refractivity (Wildman–Crippen MR) is 93.2 cm³/mol. The number of amides is 1. The number of carbonyl (C=O) groups is 1. The number of imidazole rings is 1. The van der Waals surface area contributed by atoms with E-state index in [1.54, 1.807) is 30.5 Å². The van der Waals surface area contributed by atoms with Gasteiger partial charge in [0.25, 0.3) is 5.91 Å². The number of thiophene rings is 1. The lowest BCUT2D eigenvalue weighted by molar-refractivity contribution is 0.102. The van der Waals surface area contributed by atoms with Gasteiger partial charge >= 0.3 is 0 Å². The Balaban J connectivity index is 1.80. The normalized spacial score (nSPS) is 10.9. The molecule has 4 rings (SSSR count). The van der Waals surface area contributed by atoms with Crippen molar-refractivity contribution in [1.29, 1.82) is 0 Å². The van der Waals surface area contributed by atoms with Crippen molar-refractivity contribution in [3.8, 4) is 10.6 Å². The fraction of sp³-hybridized carbons (Fsp3) is 0.0588. The molecule has 0 bridgehead atoms. The molecule has 0 aliphatic carbocycles. The van der Waals surface area contributed by atoms with E-state index >= 15 is 0 Å². The van der Waals surface area contributed by atoms with Crippen molar-refractivity contribution in [2.24, 2.45) is 0 Å². The molecular formula is C17H13N5OS. The minimum atomic E-state index is -0.288. The number of hydrogen-bond acceptors (Lipinski definition) is 5. The summed E-state index contributed by atoms with van der Waals surface area (Å²) < 4.78 is 1.86. The first-order chi connectivity index (χ1) is 11.7. The number of aryl methyl sites for hydroxylation is 1. The molecule has 0 fully saturated rings.